The predicted molar refractivity (Wildman–Crippen MR) is 87.1 cm³/mol. The van der Waals surface area contributed by atoms with Crippen LogP contribution >= 0.6 is 15.9 Å². The largest absolute Gasteiger partial charge is 0.496 e. The fourth-order valence-electron chi connectivity index (χ4n) is 2.81. The SMILES string of the molecule is COc1ccc(NC2CCCc3[nH]c(=O)ccc32)cc1Br. The number of methoxy groups -OCH3 is 1. The van der Waals surface area contributed by atoms with Crippen LogP contribution in [0.2, 0.25) is 0 Å². The van der Waals surface area contributed by atoms with Gasteiger partial charge < -0.3 is 15.0 Å². The van der Waals surface area contributed by atoms with Gasteiger partial charge in [-0.15, -0.1) is 0 Å². The van der Waals surface area contributed by atoms with Gasteiger partial charge in [0.05, 0.1) is 17.6 Å². The number of ether oxygens (including phenoxy) is 1. The van der Waals surface area contributed by atoms with E-state index in [-0.39, 0.29) is 11.6 Å². The number of aromatic amines is 1. The van der Waals surface area contributed by atoms with Crippen molar-refractivity contribution in [3.05, 3.63) is 56.4 Å². The lowest BCUT2D eigenvalue weighted by molar-refractivity contribution is 0.412. The van der Waals surface area contributed by atoms with E-state index in [0.29, 0.717) is 0 Å². The normalized spacial score (nSPS) is 17.1. The summed E-state index contributed by atoms with van der Waals surface area (Å²) in [4.78, 5) is 14.4. The summed E-state index contributed by atoms with van der Waals surface area (Å²) in [6, 6.07) is 9.71. The molecule has 2 N–H and O–H groups in total. The van der Waals surface area contributed by atoms with Crippen LogP contribution in [-0.2, 0) is 6.42 Å². The number of aryl methyl sites for hydroxylation is 1. The summed E-state index contributed by atoms with van der Waals surface area (Å²) in [7, 11) is 1.65. The van der Waals surface area contributed by atoms with Gasteiger partial charge in [0, 0.05) is 17.4 Å². The molecule has 1 aromatic heterocycles. The topological polar surface area (TPSA) is 54.1 Å². The first-order chi connectivity index (χ1) is 10.2. The number of nitrogens with one attached hydrogen (secondary N) is 2. The van der Waals surface area contributed by atoms with Gasteiger partial charge >= 0.3 is 0 Å². The van der Waals surface area contributed by atoms with Crippen LogP contribution in [-0.4, -0.2) is 12.1 Å². The van der Waals surface area contributed by atoms with Gasteiger partial charge in [-0.25, -0.2) is 0 Å². The molecule has 0 radical (unpaired) electrons. The average Bonchev–Trinajstić information content (AvgIpc) is 2.47. The molecule has 4 nitrogen and oxygen atoms in total. The maximum absolute atomic E-state index is 11.4. The quantitative estimate of drug-likeness (QED) is 0.890. The Balaban J connectivity index is 1.86. The molecule has 1 aliphatic carbocycles. The van der Waals surface area contributed by atoms with Crippen LogP contribution in [0.3, 0.4) is 0 Å². The Labute approximate surface area is 131 Å². The van der Waals surface area contributed by atoms with Crippen molar-refractivity contribution in [2.24, 2.45) is 0 Å². The van der Waals surface area contributed by atoms with Crippen LogP contribution in [0.1, 0.15) is 30.1 Å². The van der Waals surface area contributed by atoms with Gasteiger partial charge in [-0.1, -0.05) is 0 Å². The van der Waals surface area contributed by atoms with E-state index in [2.05, 4.69) is 26.2 Å². The van der Waals surface area contributed by atoms with Crippen molar-refractivity contribution >= 4 is 21.6 Å². The summed E-state index contributed by atoms with van der Waals surface area (Å²) in [5.41, 5.74) is 3.25. The van der Waals surface area contributed by atoms with E-state index in [1.165, 1.54) is 5.56 Å². The van der Waals surface area contributed by atoms with Crippen molar-refractivity contribution in [2.45, 2.75) is 25.3 Å². The second-order valence-electron chi connectivity index (χ2n) is 5.19. The summed E-state index contributed by atoms with van der Waals surface area (Å²) in [5.74, 6) is 0.814. The molecule has 110 valence electrons. The molecule has 0 fully saturated rings. The van der Waals surface area contributed by atoms with Crippen LogP contribution in [0, 0.1) is 0 Å². The number of pyridine rings is 1. The van der Waals surface area contributed by atoms with Crippen molar-refractivity contribution in [2.75, 3.05) is 12.4 Å². The molecule has 1 atom stereocenters. The first-order valence-corrected chi connectivity index (χ1v) is 7.79. The van der Waals surface area contributed by atoms with E-state index >= 15 is 0 Å². The third-order valence-electron chi connectivity index (χ3n) is 3.82. The summed E-state index contributed by atoms with van der Waals surface area (Å²) < 4.78 is 6.17. The lowest BCUT2D eigenvalue weighted by atomic mass is 9.91. The number of H-pyrrole nitrogens is 1. The van der Waals surface area contributed by atoms with Gasteiger partial charge in [-0.2, -0.15) is 0 Å². The van der Waals surface area contributed by atoms with Gasteiger partial charge in [-0.3, -0.25) is 4.79 Å². The van der Waals surface area contributed by atoms with E-state index in [1.54, 1.807) is 13.2 Å². The van der Waals surface area contributed by atoms with Crippen LogP contribution < -0.4 is 15.6 Å². The average molecular weight is 349 g/mol. The van der Waals surface area contributed by atoms with E-state index in [4.69, 9.17) is 4.74 Å². The zero-order valence-corrected chi connectivity index (χ0v) is 13.4. The van der Waals surface area contributed by atoms with Crippen molar-refractivity contribution in [3.63, 3.8) is 0 Å². The lowest BCUT2D eigenvalue weighted by Crippen LogP contribution is -2.21. The van der Waals surface area contributed by atoms with Gasteiger partial charge in [0.15, 0.2) is 0 Å². The highest BCUT2D eigenvalue weighted by Gasteiger charge is 2.20. The van der Waals surface area contributed by atoms with Crippen molar-refractivity contribution in [3.8, 4) is 5.75 Å². The van der Waals surface area contributed by atoms with Gasteiger partial charge in [0.2, 0.25) is 5.56 Å². The Hall–Kier alpha value is -1.75. The number of fused-ring (bicyclic) bond motifs is 1. The summed E-state index contributed by atoms with van der Waals surface area (Å²) in [6.45, 7) is 0. The van der Waals surface area contributed by atoms with Crippen molar-refractivity contribution in [1.82, 2.24) is 4.98 Å². The second kappa shape index (κ2) is 5.93. The number of rotatable bonds is 3. The highest BCUT2D eigenvalue weighted by atomic mass is 79.9. The minimum absolute atomic E-state index is 0.0263. The number of aromatic nitrogens is 1. The van der Waals surface area contributed by atoms with Crippen molar-refractivity contribution < 1.29 is 4.74 Å². The second-order valence-corrected chi connectivity index (χ2v) is 6.05. The minimum Gasteiger partial charge on any atom is -0.496 e. The Kier molecular flexibility index (Phi) is 4.01. The molecule has 5 heteroatoms. The Morgan fingerprint density at radius 1 is 1.33 bits per heavy atom. The third kappa shape index (κ3) is 2.97. The van der Waals surface area contributed by atoms with Crippen LogP contribution in [0.4, 0.5) is 5.69 Å². The Bertz CT molecular complexity index is 712. The van der Waals surface area contributed by atoms with Gasteiger partial charge in [0.25, 0.3) is 0 Å². The van der Waals surface area contributed by atoms with E-state index in [9.17, 15) is 4.79 Å². The van der Waals surface area contributed by atoms with Crippen molar-refractivity contribution in [1.29, 1.82) is 0 Å². The smallest absolute Gasteiger partial charge is 0.248 e. The Morgan fingerprint density at radius 3 is 2.95 bits per heavy atom. The minimum atomic E-state index is -0.0263. The molecule has 1 heterocycles. The molecule has 2 aromatic rings. The first-order valence-electron chi connectivity index (χ1n) is 6.99. The highest BCUT2D eigenvalue weighted by molar-refractivity contribution is 9.10. The first kappa shape index (κ1) is 14.2. The van der Waals surface area contributed by atoms with Crippen LogP contribution in [0.5, 0.6) is 5.75 Å². The molecule has 0 saturated heterocycles. The number of hydrogen-bond acceptors (Lipinski definition) is 3. The number of halogens is 1. The fraction of sp³-hybridized carbons (Fsp3) is 0.312. The molecule has 0 saturated carbocycles. The highest BCUT2D eigenvalue weighted by Crippen LogP contribution is 2.33. The fourth-order valence-corrected chi connectivity index (χ4v) is 3.35. The molecule has 0 amide bonds. The van der Waals surface area contributed by atoms with Gasteiger partial charge in [-0.05, 0) is 65.0 Å². The van der Waals surface area contributed by atoms with E-state index in [0.717, 1.165) is 40.9 Å². The monoisotopic (exact) mass is 348 g/mol. The van der Waals surface area contributed by atoms with E-state index in [1.807, 2.05) is 24.3 Å². The molecule has 0 bridgehead atoms. The molecular formula is C16H17BrN2O2. The zero-order valence-electron chi connectivity index (χ0n) is 11.8. The zero-order chi connectivity index (χ0) is 14.8. The molecular weight excluding hydrogens is 332 g/mol. The molecule has 1 aromatic carbocycles. The molecule has 3 rings (SSSR count). The Morgan fingerprint density at radius 2 is 2.19 bits per heavy atom. The molecule has 1 unspecified atom stereocenters. The number of hydrogen-bond donors (Lipinski definition) is 2. The molecule has 1 aliphatic rings. The number of benzene rings is 1. The lowest BCUT2D eigenvalue weighted by Gasteiger charge is -2.27. The maximum Gasteiger partial charge on any atom is 0.248 e. The maximum atomic E-state index is 11.4. The number of anilines is 1. The predicted octanol–water partition coefficient (Wildman–Crippen LogP) is 3.64. The van der Waals surface area contributed by atoms with Crippen LogP contribution in [0.25, 0.3) is 0 Å². The summed E-state index contributed by atoms with van der Waals surface area (Å²) >= 11 is 3.50. The molecule has 0 spiro atoms. The standard InChI is InChI=1S/C16H17BrN2O2/c1-21-15-7-5-10(9-12(15)17)18-13-3-2-4-14-11(13)6-8-16(20)19-14/h5-9,13,18H,2-4H2,1H3,(H,19,20). The summed E-state index contributed by atoms with van der Waals surface area (Å²) in [6.07, 6.45) is 3.07. The molecule has 0 aliphatic heterocycles. The summed E-state index contributed by atoms with van der Waals surface area (Å²) in [5, 5.41) is 3.54. The molecule has 21 heavy (non-hydrogen) atoms. The van der Waals surface area contributed by atoms with E-state index < -0.39 is 0 Å². The van der Waals surface area contributed by atoms with Gasteiger partial charge in [0.1, 0.15) is 5.75 Å². The third-order valence-corrected chi connectivity index (χ3v) is 4.44. The van der Waals surface area contributed by atoms with Crippen LogP contribution in [0.15, 0.2) is 39.6 Å².